The van der Waals surface area contributed by atoms with Crippen LogP contribution >= 0.6 is 0 Å². The highest BCUT2D eigenvalue weighted by Crippen LogP contribution is 2.30. The Labute approximate surface area is 185 Å². The Bertz CT molecular complexity index is 606. The van der Waals surface area contributed by atoms with Crippen molar-refractivity contribution in [2.24, 2.45) is 22.9 Å². The van der Waals surface area contributed by atoms with Crippen molar-refractivity contribution in [2.75, 3.05) is 13.2 Å². The molecule has 1 aliphatic carbocycles. The molecule has 0 radical (unpaired) electrons. The number of aliphatic hydroxyl groups excluding tert-OH is 6. The third-order valence-corrected chi connectivity index (χ3v) is 6.36. The molecular weight excluding hydrogens is 432 g/mol. The highest BCUT2D eigenvalue weighted by atomic mass is 16.7. The smallest absolute Gasteiger partial charge is 0.186 e. The van der Waals surface area contributed by atoms with Crippen LogP contribution in [0.3, 0.4) is 0 Å². The Morgan fingerprint density at radius 2 is 1.19 bits per heavy atom. The van der Waals surface area contributed by atoms with E-state index in [4.69, 9.17) is 41.9 Å². The van der Waals surface area contributed by atoms with Crippen LogP contribution in [-0.4, -0.2) is 129 Å². The molecule has 2 saturated heterocycles. The van der Waals surface area contributed by atoms with Gasteiger partial charge in [-0.3, -0.25) is 0 Å². The molecule has 0 bridgehead atoms. The molecule has 14 atom stereocenters. The average molecular weight is 469 g/mol. The van der Waals surface area contributed by atoms with Crippen LogP contribution < -0.4 is 22.9 Å². The van der Waals surface area contributed by atoms with Gasteiger partial charge in [-0.15, -0.1) is 0 Å². The molecule has 14 N–H and O–H groups in total. The molecule has 3 rings (SSSR count). The van der Waals surface area contributed by atoms with E-state index >= 15 is 0 Å². The van der Waals surface area contributed by atoms with Gasteiger partial charge in [0.1, 0.15) is 42.7 Å². The summed E-state index contributed by atoms with van der Waals surface area (Å²) in [6.45, 7) is -1.01. The largest absolute Gasteiger partial charge is 0.394 e. The van der Waals surface area contributed by atoms with Gasteiger partial charge >= 0.3 is 0 Å². The van der Waals surface area contributed by atoms with E-state index in [2.05, 4.69) is 0 Å². The zero-order valence-corrected chi connectivity index (χ0v) is 17.5. The lowest BCUT2D eigenvalue weighted by molar-refractivity contribution is -0.315. The lowest BCUT2D eigenvalue weighted by Crippen LogP contribution is -2.68. The van der Waals surface area contributed by atoms with Gasteiger partial charge in [-0.2, -0.15) is 0 Å². The van der Waals surface area contributed by atoms with Crippen molar-refractivity contribution in [3.05, 3.63) is 0 Å². The fraction of sp³-hybridized carbons (Fsp3) is 1.00. The van der Waals surface area contributed by atoms with Crippen molar-refractivity contribution < 1.29 is 49.6 Å². The van der Waals surface area contributed by atoms with E-state index in [0.29, 0.717) is 0 Å². The van der Waals surface area contributed by atoms with Gasteiger partial charge < -0.3 is 72.5 Å². The molecule has 0 unspecified atom stereocenters. The van der Waals surface area contributed by atoms with Crippen LogP contribution in [0.4, 0.5) is 0 Å². The number of ether oxygens (including phenoxy) is 4. The van der Waals surface area contributed by atoms with E-state index in [-0.39, 0.29) is 12.8 Å². The van der Waals surface area contributed by atoms with Crippen LogP contribution in [0.25, 0.3) is 0 Å². The van der Waals surface area contributed by atoms with Crippen molar-refractivity contribution in [1.82, 2.24) is 0 Å². The maximum Gasteiger partial charge on any atom is 0.186 e. The normalized spacial score (nSPS) is 52.7. The summed E-state index contributed by atoms with van der Waals surface area (Å²) in [5, 5.41) is 59.9. The van der Waals surface area contributed by atoms with Crippen molar-refractivity contribution in [3.8, 4) is 0 Å². The quantitative estimate of drug-likeness (QED) is 0.174. The first-order valence-electron chi connectivity index (χ1n) is 10.7. The number of hydrogen-bond acceptors (Lipinski definition) is 14. The molecule has 3 aliphatic rings. The highest BCUT2D eigenvalue weighted by Gasteiger charge is 2.50. The average Bonchev–Trinajstić information content (AvgIpc) is 2.75. The predicted molar refractivity (Wildman–Crippen MR) is 106 cm³/mol. The molecule has 0 aromatic heterocycles. The second-order valence-corrected chi connectivity index (χ2v) is 8.73. The highest BCUT2D eigenvalue weighted by molar-refractivity contribution is 5.01. The van der Waals surface area contributed by atoms with E-state index in [1.54, 1.807) is 0 Å². The molecule has 2 heterocycles. The van der Waals surface area contributed by atoms with Gasteiger partial charge in [0.25, 0.3) is 0 Å². The van der Waals surface area contributed by atoms with Crippen LogP contribution in [0.1, 0.15) is 12.8 Å². The predicted octanol–water partition coefficient (Wildman–Crippen LogP) is -6.26. The fourth-order valence-electron chi connectivity index (χ4n) is 4.38. The Hall–Kier alpha value is -0.560. The third-order valence-electron chi connectivity index (χ3n) is 6.36. The minimum absolute atomic E-state index is 0.109. The third kappa shape index (κ3) is 5.24. The van der Waals surface area contributed by atoms with Crippen molar-refractivity contribution in [2.45, 2.75) is 98.4 Å². The van der Waals surface area contributed by atoms with Gasteiger partial charge in [-0.05, 0) is 12.8 Å². The maximum absolute atomic E-state index is 10.9. The Balaban J connectivity index is 1.70. The van der Waals surface area contributed by atoms with Gasteiger partial charge in [0.05, 0.1) is 31.4 Å². The molecule has 14 heteroatoms. The molecule has 1 saturated carbocycles. The molecule has 0 aromatic carbocycles. The van der Waals surface area contributed by atoms with Gasteiger partial charge in [0.2, 0.25) is 0 Å². The summed E-state index contributed by atoms with van der Waals surface area (Å²) in [6, 6.07) is -3.39. The summed E-state index contributed by atoms with van der Waals surface area (Å²) in [4.78, 5) is 0. The van der Waals surface area contributed by atoms with Crippen LogP contribution in [0, 0.1) is 0 Å². The Kier molecular flexibility index (Phi) is 8.79. The number of rotatable bonds is 6. The van der Waals surface area contributed by atoms with Crippen molar-refractivity contribution in [1.29, 1.82) is 0 Å². The topological polar surface area (TPSA) is 262 Å². The lowest BCUT2D eigenvalue weighted by atomic mass is 9.84. The number of hydrogen-bond donors (Lipinski definition) is 10. The number of aliphatic hydroxyl groups is 6. The van der Waals surface area contributed by atoms with E-state index < -0.39 is 98.8 Å². The standard InChI is InChI=1S/C18H36N4O10/c19-5-1-6(20)16(32-18-13(27)11(22)12(26)10(4-24)30-18)14(28)15(5)31-17-7(21)2-8(25)9(3-23)29-17/h5-18,23-28H,1-4,19-22H2/t5-,6+,7+,8-,9+,10+,11-,12+,13+,14-,15+,16-,17+,18+/m0/s1. The van der Waals surface area contributed by atoms with Gasteiger partial charge in [0, 0.05) is 12.1 Å². The van der Waals surface area contributed by atoms with E-state index in [1.807, 2.05) is 0 Å². The Morgan fingerprint density at radius 1 is 0.656 bits per heavy atom. The van der Waals surface area contributed by atoms with Gasteiger partial charge in [-0.25, -0.2) is 0 Å². The minimum atomic E-state index is -1.45. The summed E-state index contributed by atoms with van der Waals surface area (Å²) in [5.74, 6) is 0. The molecule has 14 nitrogen and oxygen atoms in total. The SMILES string of the molecule is N[C@@H]1[C@@H](O)[C@@H](O[C@@H]2[C@@H](O)[C@H](O[C@H]3O[C@H](CO)[C@@H](O)C[C@H]3N)[C@@H](N)C[C@H]2N)O[C@H](CO)[C@H]1O. The Morgan fingerprint density at radius 3 is 1.75 bits per heavy atom. The molecule has 0 amide bonds. The maximum atomic E-state index is 10.9. The molecule has 3 fully saturated rings. The van der Waals surface area contributed by atoms with E-state index in [1.165, 1.54) is 0 Å². The summed E-state index contributed by atoms with van der Waals surface area (Å²) in [7, 11) is 0. The minimum Gasteiger partial charge on any atom is -0.394 e. The van der Waals surface area contributed by atoms with Crippen LogP contribution in [-0.2, 0) is 18.9 Å². The monoisotopic (exact) mass is 468 g/mol. The van der Waals surface area contributed by atoms with Crippen molar-refractivity contribution >= 4 is 0 Å². The van der Waals surface area contributed by atoms with Crippen LogP contribution in [0.15, 0.2) is 0 Å². The molecular formula is C18H36N4O10. The zero-order valence-electron chi connectivity index (χ0n) is 17.5. The van der Waals surface area contributed by atoms with Gasteiger partial charge in [0.15, 0.2) is 12.6 Å². The summed E-state index contributed by atoms with van der Waals surface area (Å²) in [5.41, 5.74) is 24.1. The van der Waals surface area contributed by atoms with E-state index in [9.17, 15) is 30.6 Å². The molecule has 0 aromatic rings. The fourth-order valence-corrected chi connectivity index (χ4v) is 4.38. The van der Waals surface area contributed by atoms with Crippen LogP contribution in [0.5, 0.6) is 0 Å². The summed E-state index contributed by atoms with van der Waals surface area (Å²) in [6.07, 6.45) is -11.4. The lowest BCUT2D eigenvalue weighted by Gasteiger charge is -2.47. The number of nitrogens with two attached hydrogens (primary N) is 4. The zero-order chi connectivity index (χ0) is 23.7. The molecule has 32 heavy (non-hydrogen) atoms. The van der Waals surface area contributed by atoms with Crippen LogP contribution in [0.2, 0.25) is 0 Å². The second kappa shape index (κ2) is 10.8. The molecule has 2 aliphatic heterocycles. The summed E-state index contributed by atoms with van der Waals surface area (Å²) >= 11 is 0. The van der Waals surface area contributed by atoms with Crippen molar-refractivity contribution in [3.63, 3.8) is 0 Å². The second-order valence-electron chi connectivity index (χ2n) is 8.73. The first kappa shape index (κ1) is 26.1. The van der Waals surface area contributed by atoms with E-state index in [0.717, 1.165) is 0 Å². The van der Waals surface area contributed by atoms with Gasteiger partial charge in [-0.1, -0.05) is 0 Å². The molecule has 0 spiro atoms. The first-order chi connectivity index (χ1) is 15.1. The first-order valence-corrected chi connectivity index (χ1v) is 10.7. The molecule has 188 valence electrons. The summed E-state index contributed by atoms with van der Waals surface area (Å²) < 4.78 is 22.5.